The van der Waals surface area contributed by atoms with Crippen LogP contribution in [0.1, 0.15) is 12.8 Å². The Morgan fingerprint density at radius 1 is 0.795 bits per heavy atom. The number of rotatable bonds is 7. The standard InChI is InChI=1S/C30H22FN5O3/c31-20-2-4-21(5-3-20)35-28(37)30(13-14-30)29(38)36-22-6-8-23(9-7-22)39-27-12-16-33-26-17-19(1-10-24(26)27)25-11-15-32-18-34-25/h1-12,15-18H,13-14H2,(H,35,37)(H,36,38). The molecule has 39 heavy (non-hydrogen) atoms. The molecule has 3 aromatic carbocycles. The van der Waals surface area contributed by atoms with E-state index in [9.17, 15) is 14.0 Å². The molecule has 0 aliphatic heterocycles. The number of hydrogen-bond acceptors (Lipinski definition) is 6. The SMILES string of the molecule is O=C(Nc1ccc(F)cc1)C1(C(=O)Nc2ccc(Oc3ccnc4cc(-c5ccncn5)ccc34)cc2)CC1. The van der Waals surface area contributed by atoms with Gasteiger partial charge in [-0.1, -0.05) is 6.07 Å². The molecular formula is C30H22FN5O3. The summed E-state index contributed by atoms with van der Waals surface area (Å²) < 4.78 is 19.3. The summed E-state index contributed by atoms with van der Waals surface area (Å²) in [7, 11) is 0. The number of hydrogen-bond donors (Lipinski definition) is 2. The highest BCUT2D eigenvalue weighted by atomic mass is 19.1. The van der Waals surface area contributed by atoms with Crippen LogP contribution >= 0.6 is 0 Å². The van der Waals surface area contributed by atoms with Crippen molar-refractivity contribution in [3.63, 3.8) is 0 Å². The maximum Gasteiger partial charge on any atom is 0.240 e. The Kier molecular flexibility index (Phi) is 6.16. The van der Waals surface area contributed by atoms with E-state index >= 15 is 0 Å². The van der Waals surface area contributed by atoms with Gasteiger partial charge in [-0.05, 0) is 85.6 Å². The van der Waals surface area contributed by atoms with Gasteiger partial charge in [0.2, 0.25) is 11.8 Å². The molecule has 1 saturated carbocycles. The number of nitrogens with one attached hydrogen (secondary N) is 2. The zero-order valence-electron chi connectivity index (χ0n) is 20.6. The minimum atomic E-state index is -1.13. The molecule has 2 N–H and O–H groups in total. The van der Waals surface area contributed by atoms with Gasteiger partial charge in [0.25, 0.3) is 0 Å². The van der Waals surface area contributed by atoms with Crippen molar-refractivity contribution in [1.29, 1.82) is 0 Å². The average Bonchev–Trinajstić information content (AvgIpc) is 3.78. The van der Waals surface area contributed by atoms with Gasteiger partial charge in [0.15, 0.2) is 0 Å². The average molecular weight is 520 g/mol. The van der Waals surface area contributed by atoms with Crippen LogP contribution in [0.15, 0.2) is 97.6 Å². The first-order chi connectivity index (χ1) is 19.0. The third-order valence-corrected chi connectivity index (χ3v) is 6.64. The van der Waals surface area contributed by atoms with Crippen molar-refractivity contribution in [3.8, 4) is 22.8 Å². The predicted molar refractivity (Wildman–Crippen MR) is 145 cm³/mol. The zero-order chi connectivity index (χ0) is 26.8. The van der Waals surface area contributed by atoms with E-state index in [-0.39, 0.29) is 5.91 Å². The number of aromatic nitrogens is 3. The molecule has 0 unspecified atom stereocenters. The number of carbonyl (C=O) groups is 2. The first-order valence-corrected chi connectivity index (χ1v) is 12.3. The highest BCUT2D eigenvalue weighted by molar-refractivity contribution is 6.16. The second kappa shape index (κ2) is 9.94. The van der Waals surface area contributed by atoms with Crippen molar-refractivity contribution < 1.29 is 18.7 Å². The molecule has 0 spiro atoms. The maximum absolute atomic E-state index is 13.1. The van der Waals surface area contributed by atoms with Gasteiger partial charge >= 0.3 is 0 Å². The van der Waals surface area contributed by atoms with Crippen molar-refractivity contribution in [1.82, 2.24) is 15.0 Å². The van der Waals surface area contributed by atoms with E-state index in [1.54, 1.807) is 42.7 Å². The smallest absolute Gasteiger partial charge is 0.240 e. The Hall–Kier alpha value is -5.18. The summed E-state index contributed by atoms with van der Waals surface area (Å²) in [6, 6.07) is 21.8. The number of nitrogens with zero attached hydrogens (tertiary/aromatic N) is 3. The fourth-order valence-corrected chi connectivity index (χ4v) is 4.28. The van der Waals surface area contributed by atoms with Crippen molar-refractivity contribution in [3.05, 3.63) is 103 Å². The van der Waals surface area contributed by atoms with E-state index in [1.807, 2.05) is 24.3 Å². The van der Waals surface area contributed by atoms with Crippen molar-refractivity contribution in [2.24, 2.45) is 5.41 Å². The number of fused-ring (bicyclic) bond motifs is 1. The first kappa shape index (κ1) is 24.2. The number of benzene rings is 3. The molecule has 1 fully saturated rings. The summed E-state index contributed by atoms with van der Waals surface area (Å²) >= 11 is 0. The van der Waals surface area contributed by atoms with Gasteiger partial charge in [0, 0.05) is 34.7 Å². The minimum Gasteiger partial charge on any atom is -0.457 e. The Balaban J connectivity index is 1.13. The number of pyridine rings is 1. The molecule has 6 rings (SSSR count). The molecule has 1 aliphatic carbocycles. The molecule has 192 valence electrons. The van der Waals surface area contributed by atoms with Gasteiger partial charge in [-0.3, -0.25) is 14.6 Å². The quantitative estimate of drug-likeness (QED) is 0.256. The van der Waals surface area contributed by atoms with Crippen LogP contribution in [0.5, 0.6) is 11.5 Å². The number of carbonyl (C=O) groups excluding carboxylic acids is 2. The third-order valence-electron chi connectivity index (χ3n) is 6.64. The second-order valence-corrected chi connectivity index (χ2v) is 9.26. The van der Waals surface area contributed by atoms with Crippen molar-refractivity contribution >= 4 is 34.1 Å². The van der Waals surface area contributed by atoms with Crippen LogP contribution < -0.4 is 15.4 Å². The molecular weight excluding hydrogens is 497 g/mol. The van der Waals surface area contributed by atoms with Crippen LogP contribution in [0.25, 0.3) is 22.2 Å². The van der Waals surface area contributed by atoms with E-state index < -0.39 is 17.1 Å². The summed E-state index contributed by atoms with van der Waals surface area (Å²) in [5.41, 5.74) is 2.34. The van der Waals surface area contributed by atoms with E-state index in [0.717, 1.165) is 22.2 Å². The van der Waals surface area contributed by atoms with E-state index in [2.05, 4.69) is 25.6 Å². The second-order valence-electron chi connectivity index (χ2n) is 9.26. The predicted octanol–water partition coefficient (Wildman–Crippen LogP) is 5.98. The van der Waals surface area contributed by atoms with Crippen LogP contribution in [-0.4, -0.2) is 26.8 Å². The van der Waals surface area contributed by atoms with Crippen molar-refractivity contribution in [2.75, 3.05) is 10.6 Å². The fraction of sp³-hybridized carbons (Fsp3) is 0.100. The van der Waals surface area contributed by atoms with Crippen LogP contribution in [0.4, 0.5) is 15.8 Å². The molecule has 9 heteroatoms. The Bertz CT molecular complexity index is 1670. The molecule has 8 nitrogen and oxygen atoms in total. The van der Waals surface area contributed by atoms with Crippen LogP contribution in [-0.2, 0) is 9.59 Å². The lowest BCUT2D eigenvalue weighted by Gasteiger charge is -2.16. The van der Waals surface area contributed by atoms with Gasteiger partial charge < -0.3 is 15.4 Å². The number of ether oxygens (including phenoxy) is 1. The van der Waals surface area contributed by atoms with Crippen LogP contribution in [0.3, 0.4) is 0 Å². The molecule has 0 saturated heterocycles. The monoisotopic (exact) mass is 519 g/mol. The van der Waals surface area contributed by atoms with Gasteiger partial charge in [0.05, 0.1) is 11.2 Å². The molecule has 1 aliphatic rings. The summed E-state index contributed by atoms with van der Waals surface area (Å²) in [5.74, 6) is 0.0366. The molecule has 2 aromatic heterocycles. The topological polar surface area (TPSA) is 106 Å². The van der Waals surface area contributed by atoms with Gasteiger partial charge in [-0.15, -0.1) is 0 Å². The van der Waals surface area contributed by atoms with Crippen LogP contribution in [0.2, 0.25) is 0 Å². The Morgan fingerprint density at radius 2 is 1.49 bits per heavy atom. The fourth-order valence-electron chi connectivity index (χ4n) is 4.28. The molecule has 0 atom stereocenters. The van der Waals surface area contributed by atoms with Gasteiger partial charge in [0.1, 0.15) is 29.1 Å². The van der Waals surface area contributed by atoms with E-state index in [4.69, 9.17) is 4.74 Å². The lowest BCUT2D eigenvalue weighted by Crippen LogP contribution is -2.35. The highest BCUT2D eigenvalue weighted by Gasteiger charge is 2.56. The summed E-state index contributed by atoms with van der Waals surface area (Å²) in [6.45, 7) is 0. The molecule has 5 aromatic rings. The summed E-state index contributed by atoms with van der Waals surface area (Å²) in [6.07, 6.45) is 5.77. The van der Waals surface area contributed by atoms with E-state index in [0.29, 0.717) is 35.7 Å². The largest absolute Gasteiger partial charge is 0.457 e. The molecule has 0 radical (unpaired) electrons. The van der Waals surface area contributed by atoms with Crippen LogP contribution in [0, 0.1) is 11.2 Å². The molecule has 2 amide bonds. The zero-order valence-corrected chi connectivity index (χ0v) is 20.6. The summed E-state index contributed by atoms with van der Waals surface area (Å²) in [5, 5.41) is 6.37. The first-order valence-electron chi connectivity index (χ1n) is 12.3. The minimum absolute atomic E-state index is 0.379. The Labute approximate surface area is 222 Å². The van der Waals surface area contributed by atoms with Crippen molar-refractivity contribution in [2.45, 2.75) is 12.8 Å². The lowest BCUT2D eigenvalue weighted by molar-refractivity contribution is -0.131. The highest BCUT2D eigenvalue weighted by Crippen LogP contribution is 2.47. The Morgan fingerprint density at radius 3 is 2.13 bits per heavy atom. The number of halogens is 1. The maximum atomic E-state index is 13.1. The number of amides is 2. The third kappa shape index (κ3) is 5.02. The van der Waals surface area contributed by atoms with Gasteiger partial charge in [-0.25, -0.2) is 14.4 Å². The number of anilines is 2. The van der Waals surface area contributed by atoms with E-state index in [1.165, 1.54) is 30.6 Å². The lowest BCUT2D eigenvalue weighted by atomic mass is 10.0. The normalized spacial score (nSPS) is 13.5. The molecule has 0 bridgehead atoms. The van der Waals surface area contributed by atoms with Gasteiger partial charge in [-0.2, -0.15) is 0 Å². The molecule has 2 heterocycles. The summed E-state index contributed by atoms with van der Waals surface area (Å²) in [4.78, 5) is 38.5.